The Bertz CT molecular complexity index is 1740. The van der Waals surface area contributed by atoms with E-state index in [1.54, 1.807) is 4.40 Å². The molecule has 0 amide bonds. The zero-order chi connectivity index (χ0) is 24.3. The summed E-state index contributed by atoms with van der Waals surface area (Å²) < 4.78 is 4.26. The first-order chi connectivity index (χ1) is 16.8. The maximum absolute atomic E-state index is 5.35. The Morgan fingerprint density at radius 2 is 1.54 bits per heavy atom. The molecule has 0 saturated carbocycles. The Labute approximate surface area is 214 Å². The van der Waals surface area contributed by atoms with Gasteiger partial charge in [-0.1, -0.05) is 0 Å². The molecule has 35 heavy (non-hydrogen) atoms. The summed E-state index contributed by atoms with van der Waals surface area (Å²) in [7, 11) is 0. The van der Waals surface area contributed by atoms with Crippen molar-refractivity contribution < 1.29 is 0 Å². The molecule has 6 aromatic rings. The molecule has 0 bridgehead atoms. The van der Waals surface area contributed by atoms with E-state index in [-0.39, 0.29) is 0 Å². The SMILES string of the molecule is CC(C)Cc1cc(-c2c[c]([Ge]([CH3])([CH3])[CH3])c3c(ccc4ccccc43)n2)c2sc3ccccc3c2c1. The monoisotopic (exact) mass is 535 g/mol. The average Bonchev–Trinajstić information content (AvgIpc) is 3.20. The summed E-state index contributed by atoms with van der Waals surface area (Å²) in [5.41, 5.74) is 4.96. The maximum atomic E-state index is 5.35. The number of nitrogens with zero attached hydrogens (tertiary/aromatic N) is 1. The van der Waals surface area contributed by atoms with E-state index in [1.807, 2.05) is 11.3 Å². The first-order valence-corrected chi connectivity index (χ1v) is 20.7. The molecule has 0 N–H and O–H groups in total. The van der Waals surface area contributed by atoms with Gasteiger partial charge in [-0.15, -0.1) is 0 Å². The van der Waals surface area contributed by atoms with Gasteiger partial charge < -0.3 is 0 Å². The van der Waals surface area contributed by atoms with Gasteiger partial charge in [-0.05, 0) is 0 Å². The van der Waals surface area contributed by atoms with E-state index in [0.29, 0.717) is 5.92 Å². The normalized spacial score (nSPS) is 12.5. The van der Waals surface area contributed by atoms with Gasteiger partial charge in [-0.2, -0.15) is 0 Å². The number of benzene rings is 4. The molecule has 1 nitrogen and oxygen atoms in total. The Morgan fingerprint density at radius 1 is 0.800 bits per heavy atom. The fourth-order valence-electron chi connectivity index (χ4n) is 5.40. The quantitative estimate of drug-likeness (QED) is 0.162. The minimum absolute atomic E-state index is 0.612. The Hall–Kier alpha value is -2.69. The van der Waals surface area contributed by atoms with E-state index in [1.165, 1.54) is 47.5 Å². The van der Waals surface area contributed by atoms with Crippen LogP contribution in [0.2, 0.25) is 17.3 Å². The third-order valence-corrected chi connectivity index (χ3v) is 12.4. The van der Waals surface area contributed by atoms with Crippen LogP contribution < -0.4 is 4.40 Å². The first-order valence-electron chi connectivity index (χ1n) is 12.6. The third kappa shape index (κ3) is 3.97. The van der Waals surface area contributed by atoms with Crippen molar-refractivity contribution in [1.29, 1.82) is 0 Å². The summed E-state index contributed by atoms with van der Waals surface area (Å²) >= 11 is -0.325. The molecule has 0 saturated heterocycles. The molecule has 0 fully saturated rings. The summed E-state index contributed by atoms with van der Waals surface area (Å²) in [5.74, 6) is 8.13. The molecule has 2 heterocycles. The molecule has 6 rings (SSSR count). The number of rotatable bonds is 4. The van der Waals surface area contributed by atoms with E-state index in [2.05, 4.69) is 110 Å². The second-order valence-electron chi connectivity index (χ2n) is 11.2. The van der Waals surface area contributed by atoms with Crippen molar-refractivity contribution in [3.05, 3.63) is 84.4 Å². The van der Waals surface area contributed by atoms with Gasteiger partial charge in [0.1, 0.15) is 0 Å². The van der Waals surface area contributed by atoms with Crippen LogP contribution in [0.3, 0.4) is 0 Å². The van der Waals surface area contributed by atoms with E-state index < -0.39 is 13.3 Å². The molecule has 0 unspecified atom stereocenters. The van der Waals surface area contributed by atoms with Crippen LogP contribution in [0.15, 0.2) is 78.9 Å². The Morgan fingerprint density at radius 3 is 2.31 bits per heavy atom. The van der Waals surface area contributed by atoms with E-state index in [4.69, 9.17) is 4.98 Å². The topological polar surface area (TPSA) is 12.9 Å². The summed E-state index contributed by atoms with van der Waals surface area (Å²) in [6.07, 6.45) is 1.08. The fourth-order valence-corrected chi connectivity index (χ4v) is 9.93. The van der Waals surface area contributed by atoms with Crippen molar-refractivity contribution in [1.82, 2.24) is 4.98 Å². The molecule has 0 radical (unpaired) electrons. The molecule has 0 aliphatic rings. The van der Waals surface area contributed by atoms with Crippen LogP contribution in [-0.4, -0.2) is 18.3 Å². The van der Waals surface area contributed by atoms with E-state index in [0.717, 1.165) is 17.6 Å². The number of thiophene rings is 1. The van der Waals surface area contributed by atoms with Crippen molar-refractivity contribution in [2.24, 2.45) is 5.92 Å². The van der Waals surface area contributed by atoms with Gasteiger partial charge in [0.05, 0.1) is 0 Å². The molecule has 0 atom stereocenters. The van der Waals surface area contributed by atoms with E-state index in [9.17, 15) is 0 Å². The van der Waals surface area contributed by atoms with Crippen LogP contribution in [0, 0.1) is 5.92 Å². The average molecular weight is 534 g/mol. The van der Waals surface area contributed by atoms with Gasteiger partial charge in [-0.3, -0.25) is 0 Å². The molecule has 0 spiro atoms. The summed E-state index contributed by atoms with van der Waals surface area (Å²) in [5, 5.41) is 6.73. The third-order valence-electron chi connectivity index (χ3n) is 6.96. The molecular weight excluding hydrogens is 503 g/mol. The van der Waals surface area contributed by atoms with Gasteiger partial charge in [0.25, 0.3) is 0 Å². The molecule has 4 aromatic carbocycles. The Balaban J connectivity index is 1.72. The van der Waals surface area contributed by atoms with Crippen molar-refractivity contribution in [3.63, 3.8) is 0 Å². The molecule has 3 heteroatoms. The van der Waals surface area contributed by atoms with Gasteiger partial charge in [-0.25, -0.2) is 0 Å². The first kappa shape index (κ1) is 22.8. The zero-order valence-electron chi connectivity index (χ0n) is 21.1. The molecule has 0 aliphatic heterocycles. The number of aromatic nitrogens is 1. The van der Waals surface area contributed by atoms with Crippen LogP contribution in [0.1, 0.15) is 19.4 Å². The molecule has 2 aromatic heterocycles. The molecule has 0 aliphatic carbocycles. The second kappa shape index (κ2) is 8.46. The zero-order valence-corrected chi connectivity index (χ0v) is 24.1. The number of hydrogen-bond donors (Lipinski definition) is 0. The van der Waals surface area contributed by atoms with Crippen LogP contribution in [0.4, 0.5) is 0 Å². The minimum atomic E-state index is -2.23. The van der Waals surface area contributed by atoms with Crippen LogP contribution in [0.25, 0.3) is 53.1 Å². The van der Waals surface area contributed by atoms with Crippen LogP contribution in [-0.2, 0) is 6.42 Å². The van der Waals surface area contributed by atoms with Crippen molar-refractivity contribution in [2.45, 2.75) is 37.5 Å². The summed E-state index contributed by atoms with van der Waals surface area (Å²) in [6, 6.07) is 29.4. The van der Waals surface area contributed by atoms with Crippen molar-refractivity contribution >= 4 is 70.8 Å². The van der Waals surface area contributed by atoms with Gasteiger partial charge in [0.15, 0.2) is 0 Å². The molecular formula is C32H31GeNS. The second-order valence-corrected chi connectivity index (χ2v) is 22.8. The fraction of sp³-hybridized carbons (Fsp3) is 0.219. The van der Waals surface area contributed by atoms with Crippen molar-refractivity contribution in [3.8, 4) is 11.3 Å². The van der Waals surface area contributed by atoms with Gasteiger partial charge in [0.2, 0.25) is 0 Å². The number of fused-ring (bicyclic) bond motifs is 6. The van der Waals surface area contributed by atoms with Gasteiger partial charge in [0, 0.05) is 0 Å². The van der Waals surface area contributed by atoms with Crippen LogP contribution in [0.5, 0.6) is 0 Å². The van der Waals surface area contributed by atoms with Crippen molar-refractivity contribution in [2.75, 3.05) is 0 Å². The summed E-state index contributed by atoms with van der Waals surface area (Å²) in [6.45, 7) is 4.61. The van der Waals surface area contributed by atoms with E-state index >= 15 is 0 Å². The van der Waals surface area contributed by atoms with Crippen LogP contribution >= 0.6 is 11.3 Å². The Kier molecular flexibility index (Phi) is 5.50. The number of pyridine rings is 1. The predicted octanol–water partition coefficient (Wildman–Crippen LogP) is 9.17. The standard InChI is InChI=1S/C32H31GeNS/c1-20(2)16-21-17-25-24-12-8-9-13-30(24)35-32(25)26(18-21)29-19-27(33(3,4)5)31-23-11-7-6-10-22(23)14-15-28(31)34-29/h6-15,17-20H,16H2,1-5H3. The number of hydrogen-bond acceptors (Lipinski definition) is 2. The molecule has 174 valence electrons. The summed E-state index contributed by atoms with van der Waals surface area (Å²) in [4.78, 5) is 5.35. The predicted molar refractivity (Wildman–Crippen MR) is 159 cm³/mol. The van der Waals surface area contributed by atoms with Gasteiger partial charge >= 0.3 is 215 Å².